The first kappa shape index (κ1) is 14.2. The Bertz CT molecular complexity index is 370. The number of ether oxygens (including phenoxy) is 1. The third kappa shape index (κ3) is 3.61. The topological polar surface area (TPSA) is 66.8 Å². The summed E-state index contributed by atoms with van der Waals surface area (Å²) in [7, 11) is 0. The average Bonchev–Trinajstić information content (AvgIpc) is 2.92. The molecule has 1 aliphatic carbocycles. The number of amides is 1. The van der Waals surface area contributed by atoms with E-state index in [-0.39, 0.29) is 17.9 Å². The van der Waals surface area contributed by atoms with Crippen LogP contribution in [0.3, 0.4) is 0 Å². The van der Waals surface area contributed by atoms with Gasteiger partial charge >= 0.3 is 12.1 Å². The molecule has 0 aromatic heterocycles. The van der Waals surface area contributed by atoms with Crippen molar-refractivity contribution in [2.45, 2.75) is 45.6 Å². The van der Waals surface area contributed by atoms with Crippen molar-refractivity contribution in [3.8, 4) is 0 Å². The predicted octanol–water partition coefficient (Wildman–Crippen LogP) is 2.35. The summed E-state index contributed by atoms with van der Waals surface area (Å²) < 4.78 is 5.33. The molecule has 0 radical (unpaired) electrons. The van der Waals surface area contributed by atoms with Crippen molar-refractivity contribution in [1.29, 1.82) is 0 Å². The van der Waals surface area contributed by atoms with Gasteiger partial charge in [-0.1, -0.05) is 0 Å². The largest absolute Gasteiger partial charge is 0.481 e. The monoisotopic (exact) mass is 269 g/mol. The fourth-order valence-electron chi connectivity index (χ4n) is 2.82. The third-order valence-electron chi connectivity index (χ3n) is 3.80. The lowest BCUT2D eigenvalue weighted by Crippen LogP contribution is -2.36. The Morgan fingerprint density at radius 1 is 1.21 bits per heavy atom. The smallest absolute Gasteiger partial charge is 0.410 e. The average molecular weight is 269 g/mol. The van der Waals surface area contributed by atoms with Gasteiger partial charge in [-0.25, -0.2) is 4.79 Å². The van der Waals surface area contributed by atoms with E-state index in [1.54, 1.807) is 4.90 Å². The van der Waals surface area contributed by atoms with Crippen LogP contribution in [0.4, 0.5) is 4.79 Å². The van der Waals surface area contributed by atoms with Gasteiger partial charge in [0.25, 0.3) is 0 Å². The molecule has 19 heavy (non-hydrogen) atoms. The molecule has 2 unspecified atom stereocenters. The summed E-state index contributed by atoms with van der Waals surface area (Å²) in [5.74, 6) is -0.593. The van der Waals surface area contributed by atoms with E-state index >= 15 is 0 Å². The van der Waals surface area contributed by atoms with Gasteiger partial charge in [-0.2, -0.15) is 0 Å². The molecule has 2 aliphatic rings. The number of carbonyl (C=O) groups is 2. The molecule has 0 aromatic rings. The number of carboxylic acid groups (broad SMARTS) is 1. The fourth-order valence-corrected chi connectivity index (χ4v) is 2.82. The molecule has 1 heterocycles. The quantitative estimate of drug-likeness (QED) is 0.854. The minimum Gasteiger partial charge on any atom is -0.481 e. The van der Waals surface area contributed by atoms with Crippen LogP contribution in [-0.2, 0) is 9.53 Å². The van der Waals surface area contributed by atoms with E-state index in [1.165, 1.54) is 0 Å². The summed E-state index contributed by atoms with van der Waals surface area (Å²) in [5.41, 5.74) is -0.502. The van der Waals surface area contributed by atoms with Crippen LogP contribution in [0.5, 0.6) is 0 Å². The van der Waals surface area contributed by atoms with Gasteiger partial charge < -0.3 is 14.7 Å². The van der Waals surface area contributed by atoms with E-state index in [1.807, 2.05) is 20.8 Å². The zero-order valence-corrected chi connectivity index (χ0v) is 11.9. The molecule has 1 amide bonds. The molecule has 2 rings (SSSR count). The maximum Gasteiger partial charge on any atom is 0.410 e. The second-order valence-electron chi connectivity index (χ2n) is 6.68. The molecule has 0 bridgehead atoms. The van der Waals surface area contributed by atoms with Crippen LogP contribution in [0.2, 0.25) is 0 Å². The second-order valence-corrected chi connectivity index (χ2v) is 6.68. The van der Waals surface area contributed by atoms with Gasteiger partial charge in [0.15, 0.2) is 0 Å². The van der Waals surface area contributed by atoms with Gasteiger partial charge in [0.2, 0.25) is 0 Å². The van der Waals surface area contributed by atoms with Crippen molar-refractivity contribution in [2.24, 2.45) is 17.8 Å². The van der Waals surface area contributed by atoms with E-state index in [0.717, 1.165) is 19.3 Å². The van der Waals surface area contributed by atoms with E-state index in [2.05, 4.69) is 0 Å². The lowest BCUT2D eigenvalue weighted by atomic mass is 9.87. The van der Waals surface area contributed by atoms with Gasteiger partial charge in [0.1, 0.15) is 5.60 Å². The number of carboxylic acids is 1. The van der Waals surface area contributed by atoms with E-state index in [9.17, 15) is 14.7 Å². The van der Waals surface area contributed by atoms with E-state index in [4.69, 9.17) is 4.74 Å². The van der Waals surface area contributed by atoms with Gasteiger partial charge in [-0.3, -0.25) is 4.79 Å². The number of carbonyl (C=O) groups excluding carboxylic acids is 1. The van der Waals surface area contributed by atoms with Crippen LogP contribution in [0.15, 0.2) is 0 Å². The van der Waals surface area contributed by atoms with Gasteiger partial charge in [-0.05, 0) is 51.9 Å². The van der Waals surface area contributed by atoms with Crippen molar-refractivity contribution in [2.75, 3.05) is 13.1 Å². The molecule has 5 nitrogen and oxygen atoms in total. The zero-order chi connectivity index (χ0) is 14.2. The predicted molar refractivity (Wildman–Crippen MR) is 69.8 cm³/mol. The Labute approximate surface area is 113 Å². The molecule has 1 saturated heterocycles. The van der Waals surface area contributed by atoms with Gasteiger partial charge in [0, 0.05) is 13.1 Å². The van der Waals surface area contributed by atoms with Crippen LogP contribution < -0.4 is 0 Å². The second kappa shape index (κ2) is 5.02. The minimum absolute atomic E-state index is 0.0810. The zero-order valence-electron chi connectivity index (χ0n) is 11.9. The van der Waals surface area contributed by atoms with Crippen LogP contribution in [0.25, 0.3) is 0 Å². The van der Waals surface area contributed by atoms with Gasteiger partial charge in [-0.15, -0.1) is 0 Å². The number of hydrogen-bond donors (Lipinski definition) is 1. The highest BCUT2D eigenvalue weighted by Crippen LogP contribution is 2.43. The number of hydrogen-bond acceptors (Lipinski definition) is 3. The van der Waals surface area contributed by atoms with Crippen molar-refractivity contribution in [3.63, 3.8) is 0 Å². The molecular formula is C14H23NO4. The lowest BCUT2D eigenvalue weighted by Gasteiger charge is -2.25. The summed E-state index contributed by atoms with van der Waals surface area (Å²) in [5, 5.41) is 9.32. The maximum atomic E-state index is 11.9. The molecule has 0 spiro atoms. The first-order chi connectivity index (χ1) is 8.78. The van der Waals surface area contributed by atoms with Crippen LogP contribution in [0, 0.1) is 17.8 Å². The highest BCUT2D eigenvalue weighted by atomic mass is 16.6. The van der Waals surface area contributed by atoms with Crippen molar-refractivity contribution in [1.82, 2.24) is 4.90 Å². The van der Waals surface area contributed by atoms with Crippen LogP contribution in [-0.4, -0.2) is 40.8 Å². The fraction of sp³-hybridized carbons (Fsp3) is 0.857. The number of rotatable bonds is 3. The Hall–Kier alpha value is -1.26. The highest BCUT2D eigenvalue weighted by molar-refractivity contribution is 5.72. The molecule has 1 N–H and O–H groups in total. The standard InChI is InChI=1S/C14H23NO4/c1-14(2,3)19-13(18)15-7-6-10(8-15)11(12(16)17)9-4-5-9/h9-11H,4-8H2,1-3H3,(H,16,17). The third-order valence-corrected chi connectivity index (χ3v) is 3.80. The van der Waals surface area contributed by atoms with Gasteiger partial charge in [0.05, 0.1) is 5.92 Å². The first-order valence-corrected chi connectivity index (χ1v) is 6.98. The number of likely N-dealkylation sites (tertiary alicyclic amines) is 1. The summed E-state index contributed by atoms with van der Waals surface area (Å²) >= 11 is 0. The molecule has 1 saturated carbocycles. The minimum atomic E-state index is -0.710. The first-order valence-electron chi connectivity index (χ1n) is 6.98. The molecule has 2 fully saturated rings. The van der Waals surface area contributed by atoms with Crippen molar-refractivity contribution in [3.05, 3.63) is 0 Å². The number of nitrogens with zero attached hydrogens (tertiary/aromatic N) is 1. The highest BCUT2D eigenvalue weighted by Gasteiger charge is 2.44. The molecule has 5 heteroatoms. The van der Waals surface area contributed by atoms with E-state index < -0.39 is 11.6 Å². The molecular weight excluding hydrogens is 246 g/mol. The summed E-state index contributed by atoms with van der Waals surface area (Å²) in [6.45, 7) is 6.63. The molecule has 0 aromatic carbocycles. The Balaban J connectivity index is 1.92. The maximum absolute atomic E-state index is 11.9. The summed E-state index contributed by atoms with van der Waals surface area (Å²) in [4.78, 5) is 24.9. The van der Waals surface area contributed by atoms with Crippen molar-refractivity contribution >= 4 is 12.1 Å². The van der Waals surface area contributed by atoms with Crippen LogP contribution in [0.1, 0.15) is 40.0 Å². The Kier molecular flexibility index (Phi) is 3.74. The molecule has 2 atom stereocenters. The van der Waals surface area contributed by atoms with E-state index in [0.29, 0.717) is 19.0 Å². The molecule has 108 valence electrons. The van der Waals surface area contributed by atoms with Crippen LogP contribution >= 0.6 is 0 Å². The van der Waals surface area contributed by atoms with Crippen molar-refractivity contribution < 1.29 is 19.4 Å². The Morgan fingerprint density at radius 3 is 2.32 bits per heavy atom. The Morgan fingerprint density at radius 2 is 1.84 bits per heavy atom. The number of aliphatic carboxylic acids is 1. The molecule has 1 aliphatic heterocycles. The summed E-state index contributed by atoms with van der Waals surface area (Å²) in [6, 6.07) is 0. The SMILES string of the molecule is CC(C)(C)OC(=O)N1CCC(C(C(=O)O)C2CC2)C1. The lowest BCUT2D eigenvalue weighted by molar-refractivity contribution is -0.144. The summed E-state index contributed by atoms with van der Waals surface area (Å²) in [6.07, 6.45) is 2.47. The normalized spacial score (nSPS) is 25.2.